The maximum absolute atomic E-state index is 13.3. The molecule has 1 N–H and O–H groups in total. The first-order valence-electron chi connectivity index (χ1n) is 10.4. The number of aliphatic hydroxyl groups is 1. The van der Waals surface area contributed by atoms with Gasteiger partial charge in [-0.05, 0) is 32.0 Å². The lowest BCUT2D eigenvalue weighted by molar-refractivity contribution is 0.0588. The molecule has 5 heteroatoms. The topological polar surface area (TPSA) is 62.9 Å². The van der Waals surface area contributed by atoms with Crippen LogP contribution in [0.2, 0.25) is 0 Å². The van der Waals surface area contributed by atoms with E-state index < -0.39 is 0 Å². The molecule has 0 spiro atoms. The van der Waals surface area contributed by atoms with Gasteiger partial charge in [0.2, 0.25) is 0 Å². The Hall–Kier alpha value is -2.21. The van der Waals surface area contributed by atoms with Gasteiger partial charge in [0.05, 0.1) is 24.9 Å². The highest BCUT2D eigenvalue weighted by molar-refractivity contribution is 6.20. The second-order valence-electron chi connectivity index (χ2n) is 8.28. The highest BCUT2D eigenvalue weighted by atomic mass is 16.5. The summed E-state index contributed by atoms with van der Waals surface area (Å²) in [5.74, 6) is 0.811. The van der Waals surface area contributed by atoms with Crippen molar-refractivity contribution in [3.05, 3.63) is 58.9 Å². The highest BCUT2D eigenvalue weighted by Crippen LogP contribution is 2.48. The lowest BCUT2D eigenvalue weighted by atomic mass is 9.68. The average molecular weight is 395 g/mol. The number of fused-ring (bicyclic) bond motifs is 3. The summed E-state index contributed by atoms with van der Waals surface area (Å²) in [7, 11) is 0. The zero-order valence-electron chi connectivity index (χ0n) is 17.4. The van der Waals surface area contributed by atoms with E-state index in [0.717, 1.165) is 41.0 Å². The summed E-state index contributed by atoms with van der Waals surface area (Å²) >= 11 is 0. The van der Waals surface area contributed by atoms with Gasteiger partial charge in [0.25, 0.3) is 0 Å². The molecule has 2 aliphatic rings. The lowest BCUT2D eigenvalue weighted by Gasteiger charge is -2.36. The summed E-state index contributed by atoms with van der Waals surface area (Å²) in [4.78, 5) is 15.5. The molecule has 1 atom stereocenters. The summed E-state index contributed by atoms with van der Waals surface area (Å²) in [5.41, 5.74) is 2.97. The molecule has 0 radical (unpaired) electrons. The Balaban J connectivity index is 1.55. The third-order valence-electron chi connectivity index (χ3n) is 6.20. The first kappa shape index (κ1) is 20.1. The number of para-hydroxylation sites is 1. The summed E-state index contributed by atoms with van der Waals surface area (Å²) < 4.78 is 12.3. The molecule has 0 saturated carbocycles. The standard InChI is InChI=1S/C24H29NO4/c1-4-25(11-13-26)12-14-28-16-9-10-17-19(15-16)24(2,3)23-21(22(17)27)18-7-5-6-8-20(18)29-23/h5-10,16,26H,4,11-15H2,1-3H3/t16-/m1/s1. The van der Waals surface area contributed by atoms with Gasteiger partial charge in [-0.2, -0.15) is 0 Å². The molecule has 1 aromatic heterocycles. The van der Waals surface area contributed by atoms with Crippen molar-refractivity contribution in [1.29, 1.82) is 0 Å². The molecule has 0 saturated heterocycles. The quantitative estimate of drug-likeness (QED) is 0.771. The molecule has 29 heavy (non-hydrogen) atoms. The van der Waals surface area contributed by atoms with Crippen LogP contribution in [0.5, 0.6) is 0 Å². The highest BCUT2D eigenvalue weighted by Gasteiger charge is 2.44. The maximum Gasteiger partial charge on any atom is 0.197 e. The van der Waals surface area contributed by atoms with Crippen LogP contribution >= 0.6 is 0 Å². The minimum absolute atomic E-state index is 0.0501. The molecule has 5 nitrogen and oxygen atoms in total. The van der Waals surface area contributed by atoms with Crippen LogP contribution in [-0.4, -0.2) is 54.7 Å². The van der Waals surface area contributed by atoms with Crippen LogP contribution in [0.3, 0.4) is 0 Å². The monoisotopic (exact) mass is 395 g/mol. The zero-order chi connectivity index (χ0) is 20.6. The molecular formula is C24H29NO4. The van der Waals surface area contributed by atoms with Gasteiger partial charge in [0, 0.05) is 35.9 Å². The van der Waals surface area contributed by atoms with E-state index in [0.29, 0.717) is 25.1 Å². The number of Topliss-reactive ketones (excluding diaryl/α,β-unsaturated/α-hetero) is 1. The van der Waals surface area contributed by atoms with Crippen molar-refractivity contribution in [1.82, 2.24) is 4.90 Å². The molecule has 0 fully saturated rings. The Morgan fingerprint density at radius 3 is 2.83 bits per heavy atom. The molecule has 1 heterocycles. The van der Waals surface area contributed by atoms with Gasteiger partial charge in [-0.15, -0.1) is 0 Å². The number of likely N-dealkylation sites (N-methyl/N-ethyl adjacent to an activating group) is 1. The molecule has 1 aromatic carbocycles. The van der Waals surface area contributed by atoms with Crippen LogP contribution in [0.1, 0.15) is 43.3 Å². The normalized spacial score (nSPS) is 20.4. The second-order valence-corrected chi connectivity index (χ2v) is 8.28. The molecule has 2 aliphatic carbocycles. The van der Waals surface area contributed by atoms with E-state index in [2.05, 4.69) is 25.7 Å². The Morgan fingerprint density at radius 1 is 1.28 bits per heavy atom. The molecule has 0 aliphatic heterocycles. The van der Waals surface area contributed by atoms with Crippen molar-refractivity contribution in [3.63, 3.8) is 0 Å². The summed E-state index contributed by atoms with van der Waals surface area (Å²) in [5, 5.41) is 10.0. The minimum atomic E-state index is -0.365. The summed E-state index contributed by atoms with van der Waals surface area (Å²) in [6.45, 7) is 9.41. The van der Waals surface area contributed by atoms with Crippen molar-refractivity contribution < 1.29 is 19.1 Å². The fourth-order valence-corrected chi connectivity index (χ4v) is 4.49. The SMILES string of the molecule is CCN(CCO)CCO[C@@H]1C=CC2=C(C1)C(C)(C)c1oc3ccccc3c1C2=O. The zero-order valence-corrected chi connectivity index (χ0v) is 17.4. The van der Waals surface area contributed by atoms with E-state index in [1.165, 1.54) is 0 Å². The second kappa shape index (κ2) is 7.90. The number of allylic oxidation sites excluding steroid dienone is 2. The van der Waals surface area contributed by atoms with Gasteiger partial charge in [-0.1, -0.05) is 37.3 Å². The Labute approximate surface area is 171 Å². The number of ether oxygens (including phenoxy) is 1. The van der Waals surface area contributed by atoms with E-state index in [1.54, 1.807) is 0 Å². The van der Waals surface area contributed by atoms with Crippen molar-refractivity contribution in [2.45, 2.75) is 38.7 Å². The summed E-state index contributed by atoms with van der Waals surface area (Å²) in [6.07, 6.45) is 4.57. The number of hydrogen-bond donors (Lipinski definition) is 1. The number of rotatable bonds is 7. The van der Waals surface area contributed by atoms with Gasteiger partial charge >= 0.3 is 0 Å². The summed E-state index contributed by atoms with van der Waals surface area (Å²) in [6, 6.07) is 7.76. The molecule has 0 amide bonds. The van der Waals surface area contributed by atoms with E-state index in [1.807, 2.05) is 36.4 Å². The number of ketones is 1. The van der Waals surface area contributed by atoms with E-state index in [4.69, 9.17) is 14.3 Å². The number of benzene rings is 1. The first-order valence-corrected chi connectivity index (χ1v) is 10.4. The number of carbonyl (C=O) groups excluding carboxylic acids is 1. The minimum Gasteiger partial charge on any atom is -0.459 e. The third-order valence-corrected chi connectivity index (χ3v) is 6.20. The van der Waals surface area contributed by atoms with Crippen molar-refractivity contribution in [2.24, 2.45) is 0 Å². The van der Waals surface area contributed by atoms with Crippen molar-refractivity contribution >= 4 is 16.8 Å². The van der Waals surface area contributed by atoms with Crippen LogP contribution in [-0.2, 0) is 10.2 Å². The molecule has 2 aromatic rings. The lowest BCUT2D eigenvalue weighted by Crippen LogP contribution is -2.35. The molecule has 4 rings (SSSR count). The van der Waals surface area contributed by atoms with Crippen LogP contribution in [0.25, 0.3) is 11.0 Å². The fourth-order valence-electron chi connectivity index (χ4n) is 4.49. The van der Waals surface area contributed by atoms with Crippen molar-refractivity contribution in [2.75, 3.05) is 32.8 Å². The van der Waals surface area contributed by atoms with Crippen LogP contribution in [0.4, 0.5) is 0 Å². The van der Waals surface area contributed by atoms with E-state index in [-0.39, 0.29) is 23.9 Å². The number of nitrogens with zero attached hydrogens (tertiary/aromatic N) is 1. The molecule has 154 valence electrons. The van der Waals surface area contributed by atoms with Gasteiger partial charge in [-0.25, -0.2) is 0 Å². The first-order chi connectivity index (χ1) is 14.0. The molecular weight excluding hydrogens is 366 g/mol. The maximum atomic E-state index is 13.3. The van der Waals surface area contributed by atoms with Crippen LogP contribution < -0.4 is 0 Å². The largest absolute Gasteiger partial charge is 0.459 e. The average Bonchev–Trinajstić information content (AvgIpc) is 3.12. The number of furan rings is 1. The molecule has 0 bridgehead atoms. The Bertz CT molecular complexity index is 982. The van der Waals surface area contributed by atoms with Gasteiger partial charge in [-0.3, -0.25) is 9.69 Å². The third kappa shape index (κ3) is 3.48. The van der Waals surface area contributed by atoms with E-state index >= 15 is 0 Å². The van der Waals surface area contributed by atoms with Crippen molar-refractivity contribution in [3.8, 4) is 0 Å². The van der Waals surface area contributed by atoms with Gasteiger partial charge in [0.1, 0.15) is 11.3 Å². The Morgan fingerprint density at radius 2 is 2.07 bits per heavy atom. The van der Waals surface area contributed by atoms with E-state index in [9.17, 15) is 4.79 Å². The number of hydrogen-bond acceptors (Lipinski definition) is 5. The fraction of sp³-hybridized carbons (Fsp3) is 0.458. The smallest absolute Gasteiger partial charge is 0.197 e. The molecule has 0 unspecified atom stereocenters. The number of aliphatic hydroxyl groups excluding tert-OH is 1. The predicted octanol–water partition coefficient (Wildman–Crippen LogP) is 3.86. The predicted molar refractivity (Wildman–Crippen MR) is 113 cm³/mol. The van der Waals surface area contributed by atoms with Gasteiger partial charge in [0.15, 0.2) is 5.78 Å². The number of carbonyl (C=O) groups is 1. The van der Waals surface area contributed by atoms with Crippen LogP contribution in [0.15, 0.2) is 52.0 Å². The van der Waals surface area contributed by atoms with Gasteiger partial charge < -0.3 is 14.3 Å². The van der Waals surface area contributed by atoms with Crippen LogP contribution in [0, 0.1) is 0 Å². The Kier molecular flexibility index (Phi) is 5.47.